The lowest BCUT2D eigenvalue weighted by Gasteiger charge is -2.30. The maximum Gasteiger partial charge on any atom is 0.214 e. The number of rotatable bonds is 6. The van der Waals surface area contributed by atoms with Crippen LogP contribution in [0.15, 0.2) is 54.6 Å². The minimum absolute atomic E-state index is 0.0155. The first-order valence-corrected chi connectivity index (χ1v) is 9.70. The average molecular weight is 385 g/mol. The number of halogens is 1. The standard InChI is InChI=1S/C21H26ClN5/c1-5-26(15-16-9-7-6-8-10-16)19(17-11-13-18(22)14-12-17)20-23-24-25-27(20)21(2,3)4/h6-14,19H,5,15H2,1-4H3/p+1/t19-/m0/s1. The van der Waals surface area contributed by atoms with Crippen LogP contribution in [-0.4, -0.2) is 26.8 Å². The fourth-order valence-electron chi connectivity index (χ4n) is 3.36. The van der Waals surface area contributed by atoms with Crippen LogP contribution in [0.25, 0.3) is 0 Å². The molecule has 3 aromatic rings. The molecule has 0 aliphatic rings. The summed E-state index contributed by atoms with van der Waals surface area (Å²) in [6.45, 7) is 10.4. The topological polar surface area (TPSA) is 48.0 Å². The van der Waals surface area contributed by atoms with Gasteiger partial charge in [0.1, 0.15) is 6.54 Å². The highest BCUT2D eigenvalue weighted by Gasteiger charge is 2.33. The molecule has 2 atom stereocenters. The Morgan fingerprint density at radius 1 is 1.04 bits per heavy atom. The Morgan fingerprint density at radius 2 is 1.70 bits per heavy atom. The van der Waals surface area contributed by atoms with Crippen molar-refractivity contribution in [3.8, 4) is 0 Å². The lowest BCUT2D eigenvalue weighted by Crippen LogP contribution is -3.11. The molecule has 2 aromatic carbocycles. The molecule has 1 unspecified atom stereocenters. The molecule has 0 bridgehead atoms. The van der Waals surface area contributed by atoms with Gasteiger partial charge in [-0.3, -0.25) is 0 Å². The van der Waals surface area contributed by atoms with Gasteiger partial charge in [0.15, 0.2) is 6.04 Å². The molecule has 6 heteroatoms. The fourth-order valence-corrected chi connectivity index (χ4v) is 3.49. The quantitative estimate of drug-likeness (QED) is 0.709. The molecule has 0 saturated heterocycles. The first kappa shape index (κ1) is 19.5. The van der Waals surface area contributed by atoms with E-state index in [0.29, 0.717) is 0 Å². The number of nitrogens with one attached hydrogen (secondary N) is 1. The fraction of sp³-hybridized carbons (Fsp3) is 0.381. The second-order valence-corrected chi connectivity index (χ2v) is 8.21. The van der Waals surface area contributed by atoms with E-state index in [2.05, 4.69) is 79.6 Å². The summed E-state index contributed by atoms with van der Waals surface area (Å²) in [5, 5.41) is 13.5. The van der Waals surface area contributed by atoms with Crippen LogP contribution in [-0.2, 0) is 12.1 Å². The van der Waals surface area contributed by atoms with Crippen LogP contribution in [0.3, 0.4) is 0 Å². The summed E-state index contributed by atoms with van der Waals surface area (Å²) in [6.07, 6.45) is 0. The lowest BCUT2D eigenvalue weighted by atomic mass is 10.0. The molecule has 0 amide bonds. The van der Waals surface area contributed by atoms with Crippen molar-refractivity contribution in [3.05, 3.63) is 76.6 Å². The van der Waals surface area contributed by atoms with Gasteiger partial charge in [-0.2, -0.15) is 0 Å². The molecular weight excluding hydrogens is 358 g/mol. The largest absolute Gasteiger partial charge is 0.319 e. The Morgan fingerprint density at radius 3 is 2.30 bits per heavy atom. The number of tetrazole rings is 1. The Labute approximate surface area is 166 Å². The van der Waals surface area contributed by atoms with Crippen LogP contribution in [0.1, 0.15) is 50.7 Å². The molecule has 1 aromatic heterocycles. The monoisotopic (exact) mass is 384 g/mol. The van der Waals surface area contributed by atoms with Crippen molar-refractivity contribution in [3.63, 3.8) is 0 Å². The van der Waals surface area contributed by atoms with Crippen molar-refractivity contribution in [1.29, 1.82) is 0 Å². The zero-order chi connectivity index (χ0) is 19.4. The van der Waals surface area contributed by atoms with E-state index in [-0.39, 0.29) is 11.6 Å². The SMILES string of the molecule is CC[NH+](Cc1ccccc1)[C@@H](c1ccc(Cl)cc1)c1nnnn1C(C)(C)C. The van der Waals surface area contributed by atoms with E-state index in [1.54, 1.807) is 0 Å². The van der Waals surface area contributed by atoms with Crippen LogP contribution < -0.4 is 4.90 Å². The highest BCUT2D eigenvalue weighted by molar-refractivity contribution is 6.30. The molecule has 0 fully saturated rings. The minimum Gasteiger partial charge on any atom is -0.319 e. The van der Waals surface area contributed by atoms with Crippen LogP contribution >= 0.6 is 11.6 Å². The van der Waals surface area contributed by atoms with Crippen LogP contribution in [0.5, 0.6) is 0 Å². The van der Waals surface area contributed by atoms with Gasteiger partial charge in [-0.15, -0.1) is 5.10 Å². The van der Waals surface area contributed by atoms with Gasteiger partial charge in [-0.1, -0.05) is 54.1 Å². The first-order valence-electron chi connectivity index (χ1n) is 9.33. The van der Waals surface area contributed by atoms with Crippen LogP contribution in [0, 0.1) is 0 Å². The smallest absolute Gasteiger partial charge is 0.214 e. The number of benzene rings is 2. The molecule has 1 N–H and O–H groups in total. The minimum atomic E-state index is -0.199. The predicted octanol–water partition coefficient (Wildman–Crippen LogP) is 3.28. The third kappa shape index (κ3) is 4.54. The third-order valence-corrected chi connectivity index (χ3v) is 4.98. The second-order valence-electron chi connectivity index (χ2n) is 7.78. The average Bonchev–Trinajstić information content (AvgIpc) is 3.13. The summed E-state index contributed by atoms with van der Waals surface area (Å²) in [4.78, 5) is 1.38. The van der Waals surface area contributed by atoms with Gasteiger partial charge in [-0.05, 0) is 50.3 Å². The highest BCUT2D eigenvalue weighted by atomic mass is 35.5. The highest BCUT2D eigenvalue weighted by Crippen LogP contribution is 2.23. The van der Waals surface area contributed by atoms with Gasteiger partial charge in [-0.25, -0.2) is 4.68 Å². The van der Waals surface area contributed by atoms with Crippen molar-refractivity contribution in [2.45, 2.75) is 45.8 Å². The van der Waals surface area contributed by atoms with E-state index in [1.165, 1.54) is 10.5 Å². The molecule has 0 aliphatic carbocycles. The maximum absolute atomic E-state index is 6.14. The summed E-state index contributed by atoms with van der Waals surface area (Å²) in [5.41, 5.74) is 2.25. The Bertz CT molecular complexity index is 852. The van der Waals surface area contributed by atoms with Gasteiger partial charge < -0.3 is 4.90 Å². The molecule has 142 valence electrons. The summed E-state index contributed by atoms with van der Waals surface area (Å²) in [6, 6.07) is 18.6. The molecule has 0 aliphatic heterocycles. The Hall–Kier alpha value is -2.24. The van der Waals surface area contributed by atoms with Crippen molar-refractivity contribution in [1.82, 2.24) is 20.2 Å². The zero-order valence-electron chi connectivity index (χ0n) is 16.4. The molecule has 0 spiro atoms. The zero-order valence-corrected chi connectivity index (χ0v) is 17.1. The van der Waals surface area contributed by atoms with Gasteiger partial charge >= 0.3 is 0 Å². The number of aromatic nitrogens is 4. The predicted molar refractivity (Wildman–Crippen MR) is 108 cm³/mol. The molecule has 1 heterocycles. The molecular formula is C21H27ClN5+. The van der Waals surface area contributed by atoms with Crippen molar-refractivity contribution >= 4 is 11.6 Å². The summed E-state index contributed by atoms with van der Waals surface area (Å²) in [5.74, 6) is 0.873. The summed E-state index contributed by atoms with van der Waals surface area (Å²) < 4.78 is 1.94. The van der Waals surface area contributed by atoms with E-state index in [9.17, 15) is 0 Å². The van der Waals surface area contributed by atoms with E-state index < -0.39 is 0 Å². The van der Waals surface area contributed by atoms with Crippen molar-refractivity contribution < 1.29 is 4.90 Å². The Balaban J connectivity index is 2.07. The summed E-state index contributed by atoms with van der Waals surface area (Å²) >= 11 is 6.14. The number of hydrogen-bond donors (Lipinski definition) is 1. The maximum atomic E-state index is 6.14. The molecule has 27 heavy (non-hydrogen) atoms. The van der Waals surface area contributed by atoms with E-state index >= 15 is 0 Å². The van der Waals surface area contributed by atoms with Gasteiger partial charge in [0.25, 0.3) is 0 Å². The van der Waals surface area contributed by atoms with Crippen LogP contribution in [0.2, 0.25) is 5.02 Å². The third-order valence-electron chi connectivity index (χ3n) is 4.73. The summed E-state index contributed by atoms with van der Waals surface area (Å²) in [7, 11) is 0. The number of nitrogens with zero attached hydrogens (tertiary/aromatic N) is 4. The van der Waals surface area contributed by atoms with Crippen molar-refractivity contribution in [2.24, 2.45) is 0 Å². The number of quaternary nitrogens is 1. The van der Waals surface area contributed by atoms with Gasteiger partial charge in [0, 0.05) is 16.1 Å². The Kier molecular flexibility index (Phi) is 5.92. The van der Waals surface area contributed by atoms with Crippen molar-refractivity contribution in [2.75, 3.05) is 6.54 Å². The molecule has 3 rings (SSSR count). The van der Waals surface area contributed by atoms with Crippen LogP contribution in [0.4, 0.5) is 0 Å². The lowest BCUT2D eigenvalue weighted by molar-refractivity contribution is -0.938. The van der Waals surface area contributed by atoms with E-state index in [0.717, 1.165) is 29.5 Å². The van der Waals surface area contributed by atoms with Gasteiger partial charge in [0.2, 0.25) is 5.82 Å². The molecule has 0 radical (unpaired) electrons. The second kappa shape index (κ2) is 8.19. The van der Waals surface area contributed by atoms with Gasteiger partial charge in [0.05, 0.1) is 12.1 Å². The molecule has 0 saturated carbocycles. The molecule has 5 nitrogen and oxygen atoms in total. The first-order chi connectivity index (χ1) is 12.9. The normalized spacial score (nSPS) is 14.1. The number of hydrogen-bond acceptors (Lipinski definition) is 3. The van der Waals surface area contributed by atoms with E-state index in [1.807, 2.05) is 22.9 Å². The van der Waals surface area contributed by atoms with E-state index in [4.69, 9.17) is 11.6 Å².